The highest BCUT2D eigenvalue weighted by Gasteiger charge is 2.35. The lowest BCUT2D eigenvalue weighted by molar-refractivity contribution is 0.143. The van der Waals surface area contributed by atoms with Crippen molar-refractivity contribution in [3.8, 4) is 0 Å². The first-order valence-electron chi connectivity index (χ1n) is 6.15. The quantitative estimate of drug-likeness (QED) is 0.518. The molecule has 2 heteroatoms. The number of hydrogen-bond acceptors (Lipinski definition) is 2. The van der Waals surface area contributed by atoms with Crippen LogP contribution in [0.15, 0.2) is 4.99 Å². The summed E-state index contributed by atoms with van der Waals surface area (Å²) in [6.07, 6.45) is 3.98. The smallest absolute Gasteiger partial charge is 0.0663 e. The molecule has 0 aliphatic heterocycles. The second kappa shape index (κ2) is 5.77. The molecular weight excluding hydrogens is 202 g/mol. The van der Waals surface area contributed by atoms with Crippen LogP contribution in [0.5, 0.6) is 0 Å². The predicted molar refractivity (Wildman–Crippen MR) is 69.3 cm³/mol. The van der Waals surface area contributed by atoms with Crippen LogP contribution in [-0.4, -0.2) is 11.2 Å². The van der Waals surface area contributed by atoms with Gasteiger partial charge < -0.3 is 0 Å². The first-order valence-corrected chi connectivity index (χ1v) is 6.55. The van der Waals surface area contributed by atoms with Gasteiger partial charge in [0.05, 0.1) is 11.2 Å². The Bertz CT molecular complexity index is 225. The first kappa shape index (κ1) is 12.9. The molecule has 15 heavy (non-hydrogen) atoms. The third kappa shape index (κ3) is 3.12. The van der Waals surface area contributed by atoms with Crippen LogP contribution in [0.1, 0.15) is 47.0 Å². The normalized spacial score (nSPS) is 31.7. The molecule has 0 aromatic carbocycles. The number of isothiocyanates is 1. The topological polar surface area (TPSA) is 12.4 Å². The minimum Gasteiger partial charge on any atom is -0.229 e. The van der Waals surface area contributed by atoms with Crippen molar-refractivity contribution in [2.75, 3.05) is 0 Å². The molecule has 0 aromatic heterocycles. The summed E-state index contributed by atoms with van der Waals surface area (Å²) in [5.74, 6) is 2.84. The summed E-state index contributed by atoms with van der Waals surface area (Å²) in [6, 6.07) is 0.427. The molecule has 0 spiro atoms. The van der Waals surface area contributed by atoms with E-state index in [-0.39, 0.29) is 0 Å². The summed E-state index contributed by atoms with van der Waals surface area (Å²) in [7, 11) is 0. The van der Waals surface area contributed by atoms with Gasteiger partial charge in [-0.05, 0) is 48.7 Å². The fraction of sp³-hybridized carbons (Fsp3) is 0.923. The fourth-order valence-electron chi connectivity index (χ4n) is 2.96. The van der Waals surface area contributed by atoms with Crippen LogP contribution < -0.4 is 0 Å². The Morgan fingerprint density at radius 1 is 1.07 bits per heavy atom. The second-order valence-corrected chi connectivity index (χ2v) is 5.64. The van der Waals surface area contributed by atoms with Gasteiger partial charge in [0.25, 0.3) is 0 Å². The number of aliphatic imine (C=N–C) groups is 1. The van der Waals surface area contributed by atoms with E-state index in [4.69, 9.17) is 12.2 Å². The summed E-state index contributed by atoms with van der Waals surface area (Å²) in [6.45, 7) is 9.22. The van der Waals surface area contributed by atoms with Crippen molar-refractivity contribution in [3.63, 3.8) is 0 Å². The van der Waals surface area contributed by atoms with Gasteiger partial charge in [-0.3, -0.25) is 0 Å². The van der Waals surface area contributed by atoms with Crippen molar-refractivity contribution < 1.29 is 0 Å². The summed E-state index contributed by atoms with van der Waals surface area (Å²) < 4.78 is 0. The molecule has 1 aliphatic rings. The average molecular weight is 225 g/mol. The second-order valence-electron chi connectivity index (χ2n) is 5.46. The maximum atomic E-state index is 4.80. The molecule has 2 unspecified atom stereocenters. The number of thiocarbonyl (C=S) groups is 1. The highest BCUT2D eigenvalue weighted by atomic mass is 32.1. The average Bonchev–Trinajstić information content (AvgIpc) is 2.17. The van der Waals surface area contributed by atoms with E-state index >= 15 is 0 Å². The predicted octanol–water partition coefficient (Wildman–Crippen LogP) is 4.19. The van der Waals surface area contributed by atoms with Crippen LogP contribution in [0.2, 0.25) is 0 Å². The monoisotopic (exact) mass is 225 g/mol. The van der Waals surface area contributed by atoms with Gasteiger partial charge in [0.15, 0.2) is 0 Å². The van der Waals surface area contributed by atoms with E-state index in [1.165, 1.54) is 19.3 Å². The van der Waals surface area contributed by atoms with Gasteiger partial charge in [0.1, 0.15) is 0 Å². The summed E-state index contributed by atoms with van der Waals surface area (Å²) >= 11 is 4.80. The van der Waals surface area contributed by atoms with Gasteiger partial charge in [-0.2, -0.15) is 0 Å². The molecule has 1 rings (SSSR count). The summed E-state index contributed by atoms with van der Waals surface area (Å²) in [4.78, 5) is 4.45. The minimum absolute atomic E-state index is 0.427. The molecule has 0 bridgehead atoms. The Morgan fingerprint density at radius 3 is 1.87 bits per heavy atom. The highest BCUT2D eigenvalue weighted by Crippen LogP contribution is 2.39. The van der Waals surface area contributed by atoms with E-state index in [1.54, 1.807) is 0 Å². The largest absolute Gasteiger partial charge is 0.229 e. The Morgan fingerprint density at radius 2 is 1.53 bits per heavy atom. The molecule has 2 atom stereocenters. The van der Waals surface area contributed by atoms with Crippen LogP contribution in [0, 0.1) is 23.7 Å². The van der Waals surface area contributed by atoms with E-state index in [0.29, 0.717) is 29.7 Å². The van der Waals surface area contributed by atoms with Crippen molar-refractivity contribution in [3.05, 3.63) is 0 Å². The van der Waals surface area contributed by atoms with Crippen molar-refractivity contribution in [1.29, 1.82) is 0 Å². The maximum Gasteiger partial charge on any atom is 0.0663 e. The standard InChI is InChI=1S/C13H23NS/c1-9(2)11-6-5-7-12(10(3)4)13(11)14-8-15/h9-13H,5-7H2,1-4H3. The molecule has 0 aromatic rings. The molecule has 0 radical (unpaired) electrons. The molecule has 1 saturated carbocycles. The first-order chi connectivity index (χ1) is 7.07. The molecule has 0 heterocycles. The molecular formula is C13H23NS. The molecule has 0 N–H and O–H groups in total. The van der Waals surface area contributed by atoms with Crippen molar-refractivity contribution >= 4 is 17.4 Å². The summed E-state index contributed by atoms with van der Waals surface area (Å²) in [5, 5.41) is 2.62. The third-order valence-corrected chi connectivity index (χ3v) is 3.97. The number of rotatable bonds is 3. The zero-order chi connectivity index (χ0) is 11.4. The molecule has 0 saturated heterocycles. The van der Waals surface area contributed by atoms with Gasteiger partial charge in [-0.1, -0.05) is 34.1 Å². The zero-order valence-electron chi connectivity index (χ0n) is 10.4. The van der Waals surface area contributed by atoms with Gasteiger partial charge in [-0.15, -0.1) is 0 Å². The number of hydrogen-bond donors (Lipinski definition) is 0. The van der Waals surface area contributed by atoms with Crippen LogP contribution >= 0.6 is 12.2 Å². The van der Waals surface area contributed by atoms with E-state index in [1.807, 2.05) is 0 Å². The van der Waals surface area contributed by atoms with E-state index in [0.717, 1.165) is 0 Å². The van der Waals surface area contributed by atoms with Gasteiger partial charge in [0, 0.05) is 0 Å². The lowest BCUT2D eigenvalue weighted by atomic mass is 9.69. The van der Waals surface area contributed by atoms with Crippen molar-refractivity contribution in [1.82, 2.24) is 0 Å². The Balaban J connectivity index is 2.85. The number of nitrogens with zero attached hydrogens (tertiary/aromatic N) is 1. The van der Waals surface area contributed by atoms with Crippen LogP contribution in [0.4, 0.5) is 0 Å². The molecule has 86 valence electrons. The molecule has 0 amide bonds. The van der Waals surface area contributed by atoms with Gasteiger partial charge in [0.2, 0.25) is 0 Å². The molecule has 1 fully saturated rings. The van der Waals surface area contributed by atoms with Gasteiger partial charge in [-0.25, -0.2) is 4.99 Å². The highest BCUT2D eigenvalue weighted by molar-refractivity contribution is 7.78. The van der Waals surface area contributed by atoms with Crippen LogP contribution in [0.25, 0.3) is 0 Å². The zero-order valence-corrected chi connectivity index (χ0v) is 11.2. The van der Waals surface area contributed by atoms with E-state index in [2.05, 4.69) is 37.8 Å². The SMILES string of the molecule is CC(C)C1CCCC(C(C)C)C1N=C=S. The summed E-state index contributed by atoms with van der Waals surface area (Å²) in [5.41, 5.74) is 0. The van der Waals surface area contributed by atoms with Crippen molar-refractivity contribution in [2.45, 2.75) is 53.0 Å². The van der Waals surface area contributed by atoms with E-state index in [9.17, 15) is 0 Å². The van der Waals surface area contributed by atoms with Crippen molar-refractivity contribution in [2.24, 2.45) is 28.7 Å². The minimum atomic E-state index is 0.427. The lowest BCUT2D eigenvalue weighted by Crippen LogP contribution is -2.37. The third-order valence-electron chi connectivity index (χ3n) is 3.87. The maximum absolute atomic E-state index is 4.80. The van der Waals surface area contributed by atoms with E-state index < -0.39 is 0 Å². The van der Waals surface area contributed by atoms with Gasteiger partial charge >= 0.3 is 0 Å². The van der Waals surface area contributed by atoms with Crippen LogP contribution in [0.3, 0.4) is 0 Å². The molecule has 1 nitrogen and oxygen atoms in total. The fourth-order valence-corrected chi connectivity index (χ4v) is 3.08. The Hall–Kier alpha value is -0.200. The van der Waals surface area contributed by atoms with Crippen LogP contribution in [-0.2, 0) is 0 Å². The molecule has 1 aliphatic carbocycles. The Kier molecular flexibility index (Phi) is 4.95. The lowest BCUT2D eigenvalue weighted by Gasteiger charge is -2.39. The Labute approximate surface area is 99.4 Å².